The third-order valence-electron chi connectivity index (χ3n) is 4.00. The van der Waals surface area contributed by atoms with Gasteiger partial charge in [-0.15, -0.1) is 0 Å². The molecule has 0 aromatic heterocycles. The third-order valence-corrected chi connectivity index (χ3v) is 4.00. The molecule has 0 unspecified atom stereocenters. The van der Waals surface area contributed by atoms with Crippen molar-refractivity contribution in [1.82, 2.24) is 0 Å². The summed E-state index contributed by atoms with van der Waals surface area (Å²) in [5.41, 5.74) is 9.82. The standard InChI is InChI=1S/C11H16.C9H12/c1-5-11-7-9(3)8(2)6-10(11)4;1-7-4-5-8(2)9(3)6-7/h6-7H,5H2,1-4H3;4-6H,1-3H3. The molecule has 0 heteroatoms. The average molecular weight is 268 g/mol. The molecular weight excluding hydrogens is 240 g/mol. The number of rotatable bonds is 1. The van der Waals surface area contributed by atoms with Crippen LogP contribution < -0.4 is 0 Å². The second kappa shape index (κ2) is 7.28. The van der Waals surface area contributed by atoms with Crippen LogP contribution in [0.4, 0.5) is 0 Å². The Morgan fingerprint density at radius 2 is 1.15 bits per heavy atom. The highest BCUT2D eigenvalue weighted by atomic mass is 14.0. The molecule has 2 aromatic carbocycles. The van der Waals surface area contributed by atoms with Crippen LogP contribution in [0.2, 0.25) is 0 Å². The lowest BCUT2D eigenvalue weighted by Gasteiger charge is -2.06. The molecule has 0 aliphatic rings. The SMILES string of the molecule is CCc1cc(C)c(C)cc1C.Cc1ccc(C)c(C)c1. The Labute approximate surface area is 124 Å². The van der Waals surface area contributed by atoms with Gasteiger partial charge in [0.2, 0.25) is 0 Å². The van der Waals surface area contributed by atoms with Gasteiger partial charge >= 0.3 is 0 Å². The Morgan fingerprint density at radius 3 is 1.65 bits per heavy atom. The Hall–Kier alpha value is -1.56. The lowest BCUT2D eigenvalue weighted by atomic mass is 9.99. The van der Waals surface area contributed by atoms with Crippen LogP contribution in [0.3, 0.4) is 0 Å². The number of hydrogen-bond donors (Lipinski definition) is 0. The van der Waals surface area contributed by atoms with Gasteiger partial charge in [0.05, 0.1) is 0 Å². The van der Waals surface area contributed by atoms with Gasteiger partial charge < -0.3 is 0 Å². The summed E-state index contributed by atoms with van der Waals surface area (Å²) < 4.78 is 0. The smallest absolute Gasteiger partial charge is 0.0305 e. The molecule has 108 valence electrons. The summed E-state index contributed by atoms with van der Waals surface area (Å²) in [4.78, 5) is 0. The van der Waals surface area contributed by atoms with Gasteiger partial charge in [-0.1, -0.05) is 42.8 Å². The van der Waals surface area contributed by atoms with Crippen molar-refractivity contribution in [3.8, 4) is 0 Å². The van der Waals surface area contributed by atoms with Crippen molar-refractivity contribution in [3.05, 3.63) is 69.3 Å². The Balaban J connectivity index is 0.000000204. The summed E-state index contributed by atoms with van der Waals surface area (Å²) in [7, 11) is 0. The lowest BCUT2D eigenvalue weighted by Crippen LogP contribution is -1.90. The van der Waals surface area contributed by atoms with Crippen molar-refractivity contribution >= 4 is 0 Å². The molecule has 0 N–H and O–H groups in total. The van der Waals surface area contributed by atoms with Crippen molar-refractivity contribution in [2.24, 2.45) is 0 Å². The van der Waals surface area contributed by atoms with Gasteiger partial charge in [0.15, 0.2) is 0 Å². The average Bonchev–Trinajstić information content (AvgIpc) is 2.39. The van der Waals surface area contributed by atoms with E-state index in [1.807, 2.05) is 0 Å². The zero-order valence-corrected chi connectivity index (χ0v) is 14.1. The second-order valence-corrected chi connectivity index (χ2v) is 5.80. The van der Waals surface area contributed by atoms with Crippen molar-refractivity contribution in [3.63, 3.8) is 0 Å². The van der Waals surface area contributed by atoms with Gasteiger partial charge in [-0.3, -0.25) is 0 Å². The molecule has 2 rings (SSSR count). The van der Waals surface area contributed by atoms with Crippen LogP contribution in [0.5, 0.6) is 0 Å². The van der Waals surface area contributed by atoms with Crippen LogP contribution in [0.25, 0.3) is 0 Å². The molecule has 20 heavy (non-hydrogen) atoms. The summed E-state index contributed by atoms with van der Waals surface area (Å²) in [6.07, 6.45) is 1.15. The van der Waals surface area contributed by atoms with E-state index < -0.39 is 0 Å². The zero-order chi connectivity index (χ0) is 15.3. The van der Waals surface area contributed by atoms with Crippen LogP contribution in [0.1, 0.15) is 45.9 Å². The third kappa shape index (κ3) is 4.52. The fourth-order valence-corrected chi connectivity index (χ4v) is 2.29. The normalized spacial score (nSPS) is 9.95. The molecule has 0 bridgehead atoms. The molecule has 0 saturated heterocycles. The molecule has 0 fully saturated rings. The summed E-state index contributed by atoms with van der Waals surface area (Å²) in [5.74, 6) is 0. The van der Waals surface area contributed by atoms with Gasteiger partial charge in [0.1, 0.15) is 0 Å². The highest BCUT2D eigenvalue weighted by molar-refractivity contribution is 5.36. The number of benzene rings is 2. The van der Waals surface area contributed by atoms with Gasteiger partial charge in [0.25, 0.3) is 0 Å². The molecule has 2 aromatic rings. The minimum atomic E-state index is 1.15. The molecule has 0 radical (unpaired) electrons. The van der Waals surface area contributed by atoms with Crippen LogP contribution in [-0.2, 0) is 6.42 Å². The largest absolute Gasteiger partial charge is 0.0613 e. The molecular formula is C20H28. The first-order valence-corrected chi connectivity index (χ1v) is 7.45. The molecule has 0 atom stereocenters. The highest BCUT2D eigenvalue weighted by Gasteiger charge is 1.98. The van der Waals surface area contributed by atoms with Gasteiger partial charge in [-0.2, -0.15) is 0 Å². The van der Waals surface area contributed by atoms with Crippen molar-refractivity contribution in [1.29, 1.82) is 0 Å². The molecule has 0 nitrogen and oxygen atoms in total. The summed E-state index contributed by atoms with van der Waals surface area (Å²) in [5, 5.41) is 0. The zero-order valence-electron chi connectivity index (χ0n) is 14.1. The first-order chi connectivity index (χ1) is 9.35. The van der Waals surface area contributed by atoms with E-state index in [2.05, 4.69) is 78.8 Å². The van der Waals surface area contributed by atoms with Crippen LogP contribution in [0, 0.1) is 41.5 Å². The maximum atomic E-state index is 2.30. The first-order valence-electron chi connectivity index (χ1n) is 7.45. The quantitative estimate of drug-likeness (QED) is 0.614. The van der Waals surface area contributed by atoms with Gasteiger partial charge in [0, 0.05) is 0 Å². The van der Waals surface area contributed by atoms with Crippen LogP contribution >= 0.6 is 0 Å². The minimum Gasteiger partial charge on any atom is -0.0613 e. The van der Waals surface area contributed by atoms with Crippen LogP contribution in [-0.4, -0.2) is 0 Å². The Kier molecular flexibility index (Phi) is 6.01. The van der Waals surface area contributed by atoms with E-state index in [9.17, 15) is 0 Å². The summed E-state index contributed by atoms with van der Waals surface area (Å²) in [6, 6.07) is 11.1. The van der Waals surface area contributed by atoms with Crippen molar-refractivity contribution in [2.45, 2.75) is 54.9 Å². The Bertz CT molecular complexity index is 577. The molecule has 0 saturated carbocycles. The number of aryl methyl sites for hydroxylation is 7. The lowest BCUT2D eigenvalue weighted by molar-refractivity contribution is 1.09. The monoisotopic (exact) mass is 268 g/mol. The fraction of sp³-hybridized carbons (Fsp3) is 0.400. The molecule has 0 spiro atoms. The van der Waals surface area contributed by atoms with Gasteiger partial charge in [-0.25, -0.2) is 0 Å². The van der Waals surface area contributed by atoms with E-state index in [0.29, 0.717) is 0 Å². The van der Waals surface area contributed by atoms with E-state index >= 15 is 0 Å². The second-order valence-electron chi connectivity index (χ2n) is 5.80. The predicted octanol–water partition coefficient (Wildman–Crippen LogP) is 5.79. The molecule has 0 amide bonds. The summed E-state index contributed by atoms with van der Waals surface area (Å²) >= 11 is 0. The maximum Gasteiger partial charge on any atom is -0.0305 e. The first kappa shape index (κ1) is 16.5. The van der Waals surface area contributed by atoms with Crippen LogP contribution in [0.15, 0.2) is 30.3 Å². The highest BCUT2D eigenvalue weighted by Crippen LogP contribution is 2.15. The number of hydrogen-bond acceptors (Lipinski definition) is 0. The van der Waals surface area contributed by atoms with Crippen molar-refractivity contribution < 1.29 is 0 Å². The molecule has 0 heterocycles. The summed E-state index contributed by atoms with van der Waals surface area (Å²) in [6.45, 7) is 15.1. The van der Waals surface area contributed by atoms with E-state index in [4.69, 9.17) is 0 Å². The minimum absolute atomic E-state index is 1.15. The predicted molar refractivity (Wildman–Crippen MR) is 90.7 cm³/mol. The van der Waals surface area contributed by atoms with E-state index in [-0.39, 0.29) is 0 Å². The van der Waals surface area contributed by atoms with E-state index in [1.54, 1.807) is 0 Å². The van der Waals surface area contributed by atoms with Crippen molar-refractivity contribution in [2.75, 3.05) is 0 Å². The topological polar surface area (TPSA) is 0 Å². The van der Waals surface area contributed by atoms with Gasteiger partial charge in [-0.05, 0) is 81.3 Å². The Morgan fingerprint density at radius 1 is 0.600 bits per heavy atom. The maximum absolute atomic E-state index is 2.30. The molecule has 0 aliphatic heterocycles. The van der Waals surface area contributed by atoms with E-state index in [0.717, 1.165) is 6.42 Å². The fourth-order valence-electron chi connectivity index (χ4n) is 2.29. The molecule has 0 aliphatic carbocycles. The van der Waals surface area contributed by atoms with E-state index in [1.165, 1.54) is 38.9 Å².